The van der Waals surface area contributed by atoms with E-state index in [1.807, 2.05) is 103 Å². The van der Waals surface area contributed by atoms with Gasteiger partial charge in [-0.25, -0.2) is 4.98 Å². The van der Waals surface area contributed by atoms with Crippen molar-refractivity contribution in [3.8, 4) is 22.4 Å². The lowest BCUT2D eigenvalue weighted by Crippen LogP contribution is -2.51. The Labute approximate surface area is 280 Å². The summed E-state index contributed by atoms with van der Waals surface area (Å²) in [5.41, 5.74) is 8.17. The number of carbonyl (C=O) groups excluding carboxylic acids is 2. The summed E-state index contributed by atoms with van der Waals surface area (Å²) < 4.78 is 0. The van der Waals surface area contributed by atoms with Gasteiger partial charge in [-0.15, -0.1) is 36.2 Å². The van der Waals surface area contributed by atoms with Crippen molar-refractivity contribution < 1.29 is 9.59 Å². The molecule has 0 saturated heterocycles. The molecule has 2 heterocycles. The number of halogens is 2. The summed E-state index contributed by atoms with van der Waals surface area (Å²) in [5.74, 6) is -0.318. The van der Waals surface area contributed by atoms with Crippen LogP contribution >= 0.6 is 36.2 Å². The number of rotatable bonds is 8. The van der Waals surface area contributed by atoms with Crippen LogP contribution in [0, 0.1) is 0 Å². The monoisotopic (exact) mass is 659 g/mol. The Balaban J connectivity index is 0.00000230. The van der Waals surface area contributed by atoms with Crippen molar-refractivity contribution in [1.82, 2.24) is 15.2 Å². The van der Waals surface area contributed by atoms with Gasteiger partial charge in [-0.2, -0.15) is 0 Å². The number of hydrogen-bond acceptors (Lipinski definition) is 6. The van der Waals surface area contributed by atoms with Gasteiger partial charge < -0.3 is 10.2 Å². The summed E-state index contributed by atoms with van der Waals surface area (Å²) in [6.07, 6.45) is 0.409. The quantitative estimate of drug-likeness (QED) is 0.183. The van der Waals surface area contributed by atoms with Crippen molar-refractivity contribution in [2.75, 3.05) is 37.4 Å². The molecular weight excluding hydrogens is 625 g/mol. The van der Waals surface area contributed by atoms with Crippen LogP contribution in [0.1, 0.15) is 25.6 Å². The fourth-order valence-corrected chi connectivity index (χ4v) is 6.22. The number of nitrogens with zero attached hydrogens (tertiary/aromatic N) is 3. The number of para-hydroxylation sites is 1. The van der Waals surface area contributed by atoms with Crippen LogP contribution in [0.4, 0.5) is 11.4 Å². The Kier molecular flexibility index (Phi) is 11.5. The van der Waals surface area contributed by atoms with Gasteiger partial charge in [-0.05, 0) is 61.6 Å². The van der Waals surface area contributed by atoms with E-state index in [-0.39, 0.29) is 42.8 Å². The number of carbonyl (C=O) groups is 2. The molecule has 1 unspecified atom stereocenters. The van der Waals surface area contributed by atoms with Gasteiger partial charge in [-0.3, -0.25) is 19.8 Å². The van der Waals surface area contributed by atoms with Gasteiger partial charge >= 0.3 is 0 Å². The van der Waals surface area contributed by atoms with E-state index >= 15 is 0 Å². The van der Waals surface area contributed by atoms with Crippen molar-refractivity contribution in [3.63, 3.8) is 0 Å². The van der Waals surface area contributed by atoms with E-state index in [1.54, 1.807) is 35.6 Å². The first kappa shape index (κ1) is 33.8. The fourth-order valence-electron chi connectivity index (χ4n) is 5.41. The van der Waals surface area contributed by atoms with E-state index in [9.17, 15) is 9.59 Å². The molecule has 2 N–H and O–H groups in total. The van der Waals surface area contributed by atoms with E-state index in [0.29, 0.717) is 23.2 Å². The van der Waals surface area contributed by atoms with E-state index in [2.05, 4.69) is 20.5 Å². The fraction of sp³-hybridized carbons (Fsp3) is 0.171. The lowest BCUT2D eigenvalue weighted by molar-refractivity contribution is 0.0971. The summed E-state index contributed by atoms with van der Waals surface area (Å²) in [7, 11) is 4.07. The Morgan fingerprint density at radius 1 is 0.867 bits per heavy atom. The summed E-state index contributed by atoms with van der Waals surface area (Å²) >= 11 is 1.62. The first-order valence-corrected chi connectivity index (χ1v) is 15.2. The normalized spacial score (nSPS) is 13.5. The predicted octanol–water partition coefficient (Wildman–Crippen LogP) is 7.25. The number of fused-ring (bicyclic) bond motifs is 3. The van der Waals surface area contributed by atoms with Crippen molar-refractivity contribution in [2.24, 2.45) is 0 Å². The van der Waals surface area contributed by atoms with Crippen LogP contribution in [-0.2, 0) is 6.42 Å². The molecule has 0 fully saturated rings. The second kappa shape index (κ2) is 15.3. The molecule has 1 aromatic heterocycles. The molecule has 0 aliphatic carbocycles. The number of amides is 2. The molecule has 2 amide bonds. The number of hydrogen-bond donors (Lipinski definition) is 2. The first-order chi connectivity index (χ1) is 21.0. The van der Waals surface area contributed by atoms with E-state index < -0.39 is 0 Å². The van der Waals surface area contributed by atoms with Gasteiger partial charge in [0.25, 0.3) is 11.8 Å². The highest BCUT2D eigenvalue weighted by molar-refractivity contribution is 7.10. The highest BCUT2D eigenvalue weighted by Crippen LogP contribution is 2.39. The lowest BCUT2D eigenvalue weighted by atomic mass is 9.99. The zero-order valence-corrected chi connectivity index (χ0v) is 27.4. The van der Waals surface area contributed by atoms with Crippen LogP contribution in [0.5, 0.6) is 0 Å². The van der Waals surface area contributed by atoms with Gasteiger partial charge in [0.05, 0.1) is 23.1 Å². The number of benzene rings is 4. The molecule has 0 bridgehead atoms. The standard InChI is InChI=1S/C35H33N5O2S.2ClH/c1-39(2)21-20-36-32-22-31-33(37-23-43-31)29-14-8-9-15-30(29)40(32)35(42)25-16-18-26(19-17-25)38-34(41)28-13-7-6-12-27(28)24-10-4-3-5-11-24;;/h3-19,23,32,36H,20-22H2,1-2H3,(H,38,41);2*1H. The zero-order chi connectivity index (χ0) is 29.8. The van der Waals surface area contributed by atoms with Crippen molar-refractivity contribution in [2.45, 2.75) is 12.6 Å². The molecule has 0 spiro atoms. The molecule has 10 heteroatoms. The Morgan fingerprint density at radius 2 is 1.53 bits per heavy atom. The minimum atomic E-state index is -0.246. The molecule has 1 aliphatic heterocycles. The van der Waals surface area contributed by atoms with Gasteiger partial charge in [-0.1, -0.05) is 66.7 Å². The number of thiazole rings is 1. The molecular formula is C35H35Cl2N5O2S. The molecule has 7 nitrogen and oxygen atoms in total. The van der Waals surface area contributed by atoms with E-state index in [4.69, 9.17) is 0 Å². The smallest absolute Gasteiger partial charge is 0.259 e. The Morgan fingerprint density at radius 3 is 2.27 bits per heavy atom. The molecule has 45 heavy (non-hydrogen) atoms. The molecule has 1 atom stereocenters. The third kappa shape index (κ3) is 7.44. The van der Waals surface area contributed by atoms with E-state index in [1.165, 1.54) is 0 Å². The number of likely N-dealkylation sites (N-methyl/N-ethyl adjacent to an activating group) is 1. The van der Waals surface area contributed by atoms with Crippen LogP contribution in [-0.4, -0.2) is 55.0 Å². The summed E-state index contributed by atoms with van der Waals surface area (Å²) in [5, 5.41) is 6.63. The van der Waals surface area contributed by atoms with Crippen molar-refractivity contribution in [1.29, 1.82) is 0 Å². The highest BCUT2D eigenvalue weighted by Gasteiger charge is 2.33. The van der Waals surface area contributed by atoms with Gasteiger partial charge in [0, 0.05) is 46.8 Å². The van der Waals surface area contributed by atoms with Crippen molar-refractivity contribution in [3.05, 3.63) is 125 Å². The lowest BCUT2D eigenvalue weighted by Gasteiger charge is -2.32. The Bertz CT molecular complexity index is 1740. The second-order valence-corrected chi connectivity index (χ2v) is 11.7. The minimum Gasteiger partial charge on any atom is -0.322 e. The largest absolute Gasteiger partial charge is 0.322 e. The molecule has 1 aliphatic rings. The minimum absolute atomic E-state index is 0. The van der Waals surface area contributed by atoms with Crippen LogP contribution < -0.4 is 15.5 Å². The SMILES string of the molecule is CN(C)CCNC1Cc2scnc2-c2ccccc2N1C(=O)c1ccc(NC(=O)c2ccccc2-c2ccccc2)cc1.Cl.Cl. The van der Waals surface area contributed by atoms with Crippen LogP contribution in [0.3, 0.4) is 0 Å². The third-order valence-electron chi connectivity index (χ3n) is 7.55. The number of nitrogens with one attached hydrogen (secondary N) is 2. The molecule has 4 aromatic carbocycles. The zero-order valence-electron chi connectivity index (χ0n) is 25.0. The van der Waals surface area contributed by atoms with Crippen LogP contribution in [0.25, 0.3) is 22.4 Å². The maximum atomic E-state index is 14.2. The molecule has 232 valence electrons. The maximum Gasteiger partial charge on any atom is 0.259 e. The number of aromatic nitrogens is 1. The maximum absolute atomic E-state index is 14.2. The van der Waals surface area contributed by atoms with Gasteiger partial charge in [0.1, 0.15) is 0 Å². The van der Waals surface area contributed by atoms with Gasteiger partial charge in [0.2, 0.25) is 0 Å². The van der Waals surface area contributed by atoms with E-state index in [0.717, 1.165) is 46.0 Å². The summed E-state index contributed by atoms with van der Waals surface area (Å²) in [6.45, 7) is 1.57. The first-order valence-electron chi connectivity index (χ1n) is 14.3. The molecule has 0 saturated carbocycles. The van der Waals surface area contributed by atoms with Gasteiger partial charge in [0.15, 0.2) is 0 Å². The number of anilines is 2. The molecule has 5 aromatic rings. The van der Waals surface area contributed by atoms with Crippen molar-refractivity contribution >= 4 is 59.3 Å². The summed E-state index contributed by atoms with van der Waals surface area (Å²) in [6, 6.07) is 32.5. The van der Waals surface area contributed by atoms with Crippen LogP contribution in [0.2, 0.25) is 0 Å². The average Bonchev–Trinajstić information content (AvgIpc) is 3.45. The second-order valence-electron chi connectivity index (χ2n) is 10.7. The topological polar surface area (TPSA) is 77.6 Å². The molecule has 0 radical (unpaired) electrons. The average molecular weight is 661 g/mol. The highest BCUT2D eigenvalue weighted by atomic mass is 35.5. The summed E-state index contributed by atoms with van der Waals surface area (Å²) in [4.78, 5) is 37.3. The predicted molar refractivity (Wildman–Crippen MR) is 189 cm³/mol. The van der Waals surface area contributed by atoms with Crippen LogP contribution in [0.15, 0.2) is 109 Å². The Hall–Kier alpha value is -4.05. The third-order valence-corrected chi connectivity index (χ3v) is 8.41. The molecule has 6 rings (SSSR count).